The lowest BCUT2D eigenvalue weighted by atomic mass is 9.97. The summed E-state index contributed by atoms with van der Waals surface area (Å²) in [6, 6.07) is 5.35. The number of imide groups is 1. The molecule has 1 aromatic heterocycles. The summed E-state index contributed by atoms with van der Waals surface area (Å²) < 4.78 is 1.40. The van der Waals surface area contributed by atoms with Gasteiger partial charge in [0.1, 0.15) is 11.6 Å². The molecule has 1 saturated carbocycles. The molecule has 1 aliphatic heterocycles. The lowest BCUT2D eigenvalue weighted by Gasteiger charge is -2.24. The van der Waals surface area contributed by atoms with E-state index in [1.54, 1.807) is 31.2 Å². The molecule has 1 aliphatic carbocycles. The van der Waals surface area contributed by atoms with Gasteiger partial charge in [0.2, 0.25) is 5.95 Å². The minimum atomic E-state index is -1.02. The zero-order valence-corrected chi connectivity index (χ0v) is 16.9. The van der Waals surface area contributed by atoms with Crippen LogP contribution in [0.5, 0.6) is 0 Å². The van der Waals surface area contributed by atoms with Gasteiger partial charge >= 0.3 is 6.03 Å². The van der Waals surface area contributed by atoms with E-state index in [0.717, 1.165) is 17.7 Å². The quantitative estimate of drug-likeness (QED) is 0.499. The van der Waals surface area contributed by atoms with Crippen LogP contribution >= 0.6 is 0 Å². The van der Waals surface area contributed by atoms with Gasteiger partial charge in [0.25, 0.3) is 17.4 Å². The second-order valence-corrected chi connectivity index (χ2v) is 7.69. The molecule has 2 aliphatic rings. The topological polar surface area (TPSA) is 125 Å². The third-order valence-electron chi connectivity index (χ3n) is 5.89. The highest BCUT2D eigenvalue weighted by Crippen LogP contribution is 2.35. The fourth-order valence-electron chi connectivity index (χ4n) is 4.21. The highest BCUT2D eigenvalue weighted by atomic mass is 16.2. The molecule has 2 fully saturated rings. The van der Waals surface area contributed by atoms with Gasteiger partial charge in [0.05, 0.1) is 10.9 Å². The Kier molecular flexibility index (Phi) is 4.92. The Balaban J connectivity index is 1.52. The van der Waals surface area contributed by atoms with Crippen LogP contribution in [-0.2, 0) is 16.1 Å². The smallest absolute Gasteiger partial charge is 0.323 e. The Hall–Kier alpha value is -3.43. The number of para-hydroxylation sites is 1. The van der Waals surface area contributed by atoms with Crippen LogP contribution in [0.2, 0.25) is 0 Å². The maximum Gasteiger partial charge on any atom is 0.325 e. The Morgan fingerprint density at radius 1 is 1.23 bits per heavy atom. The van der Waals surface area contributed by atoms with Gasteiger partial charge in [-0.1, -0.05) is 25.0 Å². The third kappa shape index (κ3) is 3.08. The summed E-state index contributed by atoms with van der Waals surface area (Å²) in [5.41, 5.74) is 4.54. The highest BCUT2D eigenvalue weighted by Gasteiger charge is 2.54. The second kappa shape index (κ2) is 7.43. The van der Waals surface area contributed by atoms with Crippen LogP contribution in [0.25, 0.3) is 10.9 Å². The molecule has 1 saturated heterocycles. The summed E-state index contributed by atoms with van der Waals surface area (Å²) in [5.74, 6) is -0.772. The zero-order valence-electron chi connectivity index (χ0n) is 16.9. The van der Waals surface area contributed by atoms with Crippen molar-refractivity contribution in [3.05, 3.63) is 34.6 Å². The van der Waals surface area contributed by atoms with Crippen LogP contribution < -0.4 is 21.7 Å². The van der Waals surface area contributed by atoms with Crippen molar-refractivity contribution < 1.29 is 14.4 Å². The molecule has 1 spiro atoms. The van der Waals surface area contributed by atoms with E-state index in [-0.39, 0.29) is 17.4 Å². The van der Waals surface area contributed by atoms with Gasteiger partial charge in [-0.05, 0) is 38.8 Å². The van der Waals surface area contributed by atoms with Crippen molar-refractivity contribution in [2.75, 3.05) is 5.43 Å². The number of benzene rings is 1. The van der Waals surface area contributed by atoms with Crippen LogP contribution in [0.15, 0.2) is 29.1 Å². The van der Waals surface area contributed by atoms with E-state index in [2.05, 4.69) is 21.2 Å². The van der Waals surface area contributed by atoms with Gasteiger partial charge in [-0.2, -0.15) is 0 Å². The van der Waals surface area contributed by atoms with E-state index in [1.807, 2.05) is 0 Å². The maximum absolute atomic E-state index is 12.8. The van der Waals surface area contributed by atoms with Crippen molar-refractivity contribution in [3.63, 3.8) is 0 Å². The number of hydrogen-bond acceptors (Lipinski definition) is 6. The average molecular weight is 412 g/mol. The number of carbonyl (C=O) groups is 3. The normalized spacial score (nSPS) is 18.7. The molecular weight excluding hydrogens is 388 g/mol. The van der Waals surface area contributed by atoms with Crippen LogP contribution in [0.3, 0.4) is 0 Å². The monoisotopic (exact) mass is 412 g/mol. The van der Waals surface area contributed by atoms with E-state index in [9.17, 15) is 19.2 Å². The van der Waals surface area contributed by atoms with Gasteiger partial charge < -0.3 is 5.32 Å². The number of urea groups is 1. The molecule has 0 radical (unpaired) electrons. The van der Waals surface area contributed by atoms with Gasteiger partial charge in [0.15, 0.2) is 0 Å². The number of aromatic nitrogens is 2. The van der Waals surface area contributed by atoms with E-state index in [1.165, 1.54) is 11.5 Å². The summed E-state index contributed by atoms with van der Waals surface area (Å²) in [5, 5.41) is 3.24. The molecule has 10 nitrogen and oxygen atoms in total. The van der Waals surface area contributed by atoms with E-state index < -0.39 is 23.5 Å². The van der Waals surface area contributed by atoms with Gasteiger partial charge in [-0.3, -0.25) is 29.8 Å². The first-order chi connectivity index (χ1) is 14.4. The summed E-state index contributed by atoms with van der Waals surface area (Å²) >= 11 is 0. The molecular formula is C20H24N6O4. The van der Waals surface area contributed by atoms with E-state index in [4.69, 9.17) is 0 Å². The first kappa shape index (κ1) is 19.9. The molecule has 30 heavy (non-hydrogen) atoms. The zero-order chi connectivity index (χ0) is 21.5. The Morgan fingerprint density at radius 3 is 2.63 bits per heavy atom. The molecule has 1 aromatic carbocycles. The first-order valence-corrected chi connectivity index (χ1v) is 10.1. The number of rotatable bonds is 5. The Labute approximate surface area is 172 Å². The predicted molar refractivity (Wildman–Crippen MR) is 109 cm³/mol. The molecule has 10 heteroatoms. The number of anilines is 1. The van der Waals surface area contributed by atoms with Crippen molar-refractivity contribution in [1.82, 2.24) is 25.2 Å². The van der Waals surface area contributed by atoms with Crippen molar-refractivity contribution in [2.24, 2.45) is 0 Å². The fourth-order valence-corrected chi connectivity index (χ4v) is 4.21. The van der Waals surface area contributed by atoms with Crippen LogP contribution in [0.4, 0.5) is 10.7 Å². The number of hydrogen-bond donors (Lipinski definition) is 3. The van der Waals surface area contributed by atoms with Gasteiger partial charge in [-0.25, -0.2) is 14.7 Å². The summed E-state index contributed by atoms with van der Waals surface area (Å²) in [4.78, 5) is 56.0. The number of hydrazine groups is 1. The number of nitrogens with zero attached hydrogens (tertiary/aromatic N) is 3. The summed E-state index contributed by atoms with van der Waals surface area (Å²) in [6.45, 7) is 3.63. The number of carbonyl (C=O) groups excluding carboxylic acids is 3. The molecule has 2 heterocycles. The van der Waals surface area contributed by atoms with Gasteiger partial charge in [-0.15, -0.1) is 0 Å². The molecule has 4 rings (SSSR count). The van der Waals surface area contributed by atoms with Crippen molar-refractivity contribution in [3.8, 4) is 0 Å². The summed E-state index contributed by atoms with van der Waals surface area (Å²) in [7, 11) is 0. The number of fused-ring (bicyclic) bond motifs is 1. The Morgan fingerprint density at radius 2 is 1.93 bits per heavy atom. The molecule has 4 amide bonds. The Bertz CT molecular complexity index is 1090. The minimum absolute atomic E-state index is 0.172. The largest absolute Gasteiger partial charge is 0.325 e. The highest BCUT2D eigenvalue weighted by molar-refractivity contribution is 6.10. The third-order valence-corrected chi connectivity index (χ3v) is 5.89. The maximum atomic E-state index is 12.8. The van der Waals surface area contributed by atoms with E-state index in [0.29, 0.717) is 30.3 Å². The van der Waals surface area contributed by atoms with Crippen molar-refractivity contribution >= 4 is 34.7 Å². The van der Waals surface area contributed by atoms with Crippen molar-refractivity contribution in [1.29, 1.82) is 0 Å². The second-order valence-electron chi connectivity index (χ2n) is 7.69. The molecule has 0 bridgehead atoms. The van der Waals surface area contributed by atoms with Crippen LogP contribution in [0.1, 0.15) is 39.5 Å². The predicted octanol–water partition coefficient (Wildman–Crippen LogP) is 1.11. The molecule has 158 valence electrons. The lowest BCUT2D eigenvalue weighted by molar-refractivity contribution is -0.137. The van der Waals surface area contributed by atoms with Crippen LogP contribution in [0, 0.1) is 0 Å². The van der Waals surface area contributed by atoms with E-state index >= 15 is 0 Å². The van der Waals surface area contributed by atoms with Crippen molar-refractivity contribution in [2.45, 2.75) is 57.7 Å². The molecule has 1 atom stereocenters. The van der Waals surface area contributed by atoms with Crippen LogP contribution in [-0.4, -0.2) is 43.9 Å². The van der Waals surface area contributed by atoms with Gasteiger partial charge in [0, 0.05) is 6.54 Å². The fraction of sp³-hybridized carbons (Fsp3) is 0.450. The molecule has 2 aromatic rings. The first-order valence-electron chi connectivity index (χ1n) is 10.1. The molecule has 3 N–H and O–H groups in total. The molecule has 1 unspecified atom stereocenters. The minimum Gasteiger partial charge on any atom is -0.323 e. The number of amides is 4. The summed E-state index contributed by atoms with van der Waals surface area (Å²) in [6.07, 6.45) is 2.91. The average Bonchev–Trinajstić information content (AvgIpc) is 3.30. The number of nitrogens with one attached hydrogen (secondary N) is 3. The standard InChI is InChI=1S/C20H24N6O4/c1-3-25-16(28)13-8-4-5-9-14(13)21-18(25)24-23-15(27)12(2)26-17(29)20(22-19(26)30)10-6-7-11-20/h4-5,8-9,12H,3,6-7,10-11H2,1-2H3,(H,21,24)(H,22,30)(H,23,27). The SMILES string of the molecule is CCn1c(NNC(=O)C(C)N2C(=O)NC3(CCCC3)C2=O)nc2ccccc2c1=O. The lowest BCUT2D eigenvalue weighted by Crippen LogP contribution is -2.51.